The van der Waals surface area contributed by atoms with Gasteiger partial charge >= 0.3 is 0 Å². The first-order valence-corrected chi connectivity index (χ1v) is 10.4. The van der Waals surface area contributed by atoms with E-state index in [1.165, 1.54) is 12.1 Å². The predicted octanol–water partition coefficient (Wildman–Crippen LogP) is 4.55. The van der Waals surface area contributed by atoms with Crippen LogP contribution in [0.15, 0.2) is 24.3 Å². The lowest BCUT2D eigenvalue weighted by molar-refractivity contribution is 0.0978. The number of benzene rings is 1. The molecule has 5 rings (SSSR count). The molecule has 0 unspecified atom stereocenters. The molecule has 30 heavy (non-hydrogen) atoms. The molecule has 156 valence electrons. The molecular weight excluding hydrogens is 383 g/mol. The van der Waals surface area contributed by atoms with E-state index in [1.54, 1.807) is 11.0 Å². The second kappa shape index (κ2) is 6.52. The summed E-state index contributed by atoms with van der Waals surface area (Å²) in [6, 6.07) is 6.20. The fourth-order valence-electron chi connectivity index (χ4n) is 4.08. The monoisotopic (exact) mass is 408 g/mol. The van der Waals surface area contributed by atoms with Crippen molar-refractivity contribution in [1.29, 1.82) is 0 Å². The van der Waals surface area contributed by atoms with Gasteiger partial charge in [-0.25, -0.2) is 14.1 Å². The van der Waals surface area contributed by atoms with Crippen LogP contribution in [0, 0.1) is 12.7 Å². The number of hydrogen-bond donors (Lipinski definition) is 0. The average Bonchev–Trinajstić information content (AvgIpc) is 3.49. The standard InChI is InChI=1S/C23H25FN4O2/c1-13-20-16(22(29)27-9-10-30-19-8-7-15(24)11-18(19)27)12-17(14-5-6-14)25-21(20)28(26-13)23(2,3)4/h7-8,11-12,14H,5-6,9-10H2,1-4H3. The Morgan fingerprint density at radius 1 is 1.23 bits per heavy atom. The molecule has 6 nitrogen and oxygen atoms in total. The van der Waals surface area contributed by atoms with Crippen LogP contribution in [0.4, 0.5) is 10.1 Å². The van der Waals surface area contributed by atoms with Gasteiger partial charge in [0.15, 0.2) is 5.65 Å². The summed E-state index contributed by atoms with van der Waals surface area (Å²) in [5, 5.41) is 5.49. The summed E-state index contributed by atoms with van der Waals surface area (Å²) in [6.45, 7) is 8.87. The number of pyridine rings is 1. The number of amides is 1. The molecule has 1 saturated carbocycles. The van der Waals surface area contributed by atoms with Gasteiger partial charge in [0.2, 0.25) is 0 Å². The highest BCUT2D eigenvalue weighted by molar-refractivity contribution is 6.14. The fourth-order valence-corrected chi connectivity index (χ4v) is 4.08. The first-order chi connectivity index (χ1) is 14.2. The SMILES string of the molecule is Cc1nn(C(C)(C)C)c2nc(C3CC3)cc(C(=O)N3CCOc4ccc(F)cc43)c12. The van der Waals surface area contributed by atoms with Gasteiger partial charge in [-0.1, -0.05) is 0 Å². The molecule has 1 amide bonds. The number of carbonyl (C=O) groups excluding carboxylic acids is 1. The first-order valence-electron chi connectivity index (χ1n) is 10.4. The Hall–Kier alpha value is -2.96. The van der Waals surface area contributed by atoms with E-state index in [0.717, 1.165) is 35.3 Å². The van der Waals surface area contributed by atoms with Gasteiger partial charge in [0.1, 0.15) is 18.2 Å². The zero-order chi connectivity index (χ0) is 21.2. The third-order valence-corrected chi connectivity index (χ3v) is 5.72. The lowest BCUT2D eigenvalue weighted by Gasteiger charge is -2.30. The second-order valence-corrected chi connectivity index (χ2v) is 9.15. The highest BCUT2D eigenvalue weighted by atomic mass is 19.1. The van der Waals surface area contributed by atoms with Gasteiger partial charge < -0.3 is 9.64 Å². The fraction of sp³-hybridized carbons (Fsp3) is 0.435. The molecule has 1 aromatic carbocycles. The largest absolute Gasteiger partial charge is 0.490 e. The van der Waals surface area contributed by atoms with Crippen molar-refractivity contribution >= 4 is 22.6 Å². The zero-order valence-electron chi connectivity index (χ0n) is 17.7. The van der Waals surface area contributed by atoms with Crippen molar-refractivity contribution < 1.29 is 13.9 Å². The van der Waals surface area contributed by atoms with E-state index in [2.05, 4.69) is 20.8 Å². The number of aryl methyl sites for hydroxylation is 1. The summed E-state index contributed by atoms with van der Waals surface area (Å²) in [6.07, 6.45) is 2.17. The summed E-state index contributed by atoms with van der Waals surface area (Å²) in [7, 11) is 0. The topological polar surface area (TPSA) is 60.2 Å². The molecule has 2 aromatic heterocycles. The minimum Gasteiger partial charge on any atom is -0.490 e. The summed E-state index contributed by atoms with van der Waals surface area (Å²) >= 11 is 0. The van der Waals surface area contributed by atoms with Gasteiger partial charge in [0.25, 0.3) is 5.91 Å². The van der Waals surface area contributed by atoms with Crippen LogP contribution in [0.5, 0.6) is 5.75 Å². The molecule has 0 spiro atoms. The molecule has 7 heteroatoms. The van der Waals surface area contributed by atoms with E-state index in [4.69, 9.17) is 14.8 Å². The molecule has 0 bridgehead atoms. The zero-order valence-corrected chi connectivity index (χ0v) is 17.7. The molecule has 3 heterocycles. The number of fused-ring (bicyclic) bond motifs is 2. The molecule has 1 fully saturated rings. The molecular formula is C23H25FN4O2. The number of halogens is 1. The number of aromatic nitrogens is 3. The van der Waals surface area contributed by atoms with Crippen molar-refractivity contribution in [3.8, 4) is 5.75 Å². The maximum atomic E-state index is 13.9. The molecule has 2 aliphatic rings. The molecule has 0 saturated heterocycles. The van der Waals surface area contributed by atoms with Crippen molar-refractivity contribution in [3.05, 3.63) is 47.0 Å². The Labute approximate surface area is 174 Å². The molecule has 3 aromatic rings. The van der Waals surface area contributed by atoms with Crippen LogP contribution < -0.4 is 9.64 Å². The molecule has 0 atom stereocenters. The minimum atomic E-state index is -0.396. The highest BCUT2D eigenvalue weighted by Crippen LogP contribution is 2.42. The second-order valence-electron chi connectivity index (χ2n) is 9.15. The van der Waals surface area contributed by atoms with Crippen molar-refractivity contribution in [2.45, 2.75) is 52.0 Å². The van der Waals surface area contributed by atoms with Gasteiger partial charge in [0, 0.05) is 17.7 Å². The van der Waals surface area contributed by atoms with Crippen molar-refractivity contribution in [1.82, 2.24) is 14.8 Å². The van der Waals surface area contributed by atoms with Crippen molar-refractivity contribution in [2.75, 3.05) is 18.1 Å². The summed E-state index contributed by atoms with van der Waals surface area (Å²) in [4.78, 5) is 20.3. The van der Waals surface area contributed by atoms with E-state index >= 15 is 0 Å². The van der Waals surface area contributed by atoms with E-state index in [9.17, 15) is 9.18 Å². The number of rotatable bonds is 2. The molecule has 1 aliphatic heterocycles. The van der Waals surface area contributed by atoms with Crippen LogP contribution in [0.3, 0.4) is 0 Å². The van der Waals surface area contributed by atoms with Gasteiger partial charge in [0.05, 0.1) is 34.4 Å². The van der Waals surface area contributed by atoms with Gasteiger partial charge in [-0.3, -0.25) is 4.79 Å². The van der Waals surface area contributed by atoms with Crippen molar-refractivity contribution in [2.24, 2.45) is 0 Å². The van der Waals surface area contributed by atoms with Crippen LogP contribution in [0.1, 0.15) is 61.3 Å². The molecule has 1 aliphatic carbocycles. The van der Waals surface area contributed by atoms with E-state index in [0.29, 0.717) is 36.1 Å². The van der Waals surface area contributed by atoms with Gasteiger partial charge in [-0.2, -0.15) is 5.10 Å². The highest BCUT2D eigenvalue weighted by Gasteiger charge is 2.33. The summed E-state index contributed by atoms with van der Waals surface area (Å²) in [5.41, 5.74) is 3.21. The maximum absolute atomic E-state index is 13.9. The normalized spacial score (nSPS) is 16.5. The van der Waals surface area contributed by atoms with Crippen LogP contribution in [-0.4, -0.2) is 33.8 Å². The molecule has 0 N–H and O–H groups in total. The quantitative estimate of drug-likeness (QED) is 0.624. The Morgan fingerprint density at radius 3 is 2.70 bits per heavy atom. The third-order valence-electron chi connectivity index (χ3n) is 5.72. The van der Waals surface area contributed by atoms with Crippen LogP contribution in [0.25, 0.3) is 11.0 Å². The lowest BCUT2D eigenvalue weighted by atomic mass is 10.0. The van der Waals surface area contributed by atoms with Crippen molar-refractivity contribution in [3.63, 3.8) is 0 Å². The predicted molar refractivity (Wildman–Crippen MR) is 113 cm³/mol. The Balaban J connectivity index is 1.71. The number of hydrogen-bond acceptors (Lipinski definition) is 4. The third kappa shape index (κ3) is 3.04. The van der Waals surface area contributed by atoms with E-state index in [-0.39, 0.29) is 11.4 Å². The summed E-state index contributed by atoms with van der Waals surface area (Å²) in [5.74, 6) is 0.341. The number of ether oxygens (including phenoxy) is 1. The first kappa shape index (κ1) is 19.0. The van der Waals surface area contributed by atoms with Gasteiger partial charge in [-0.05, 0) is 58.7 Å². The Morgan fingerprint density at radius 2 is 2.00 bits per heavy atom. The number of carbonyl (C=O) groups is 1. The van der Waals surface area contributed by atoms with Crippen LogP contribution in [0.2, 0.25) is 0 Å². The van der Waals surface area contributed by atoms with E-state index < -0.39 is 5.82 Å². The van der Waals surface area contributed by atoms with Crippen LogP contribution in [-0.2, 0) is 5.54 Å². The number of nitrogens with zero attached hydrogens (tertiary/aromatic N) is 4. The minimum absolute atomic E-state index is 0.170. The summed E-state index contributed by atoms with van der Waals surface area (Å²) < 4.78 is 21.5. The Kier molecular flexibility index (Phi) is 4.14. The number of anilines is 1. The molecule has 0 radical (unpaired) electrons. The lowest BCUT2D eigenvalue weighted by Crippen LogP contribution is -2.38. The smallest absolute Gasteiger partial charge is 0.259 e. The maximum Gasteiger partial charge on any atom is 0.259 e. The van der Waals surface area contributed by atoms with Gasteiger partial charge in [-0.15, -0.1) is 0 Å². The van der Waals surface area contributed by atoms with E-state index in [1.807, 2.05) is 17.7 Å². The average molecular weight is 408 g/mol. The van der Waals surface area contributed by atoms with Crippen LogP contribution >= 0.6 is 0 Å². The Bertz CT molecular complexity index is 1170.